The van der Waals surface area contributed by atoms with Gasteiger partial charge in [0.25, 0.3) is 0 Å². The summed E-state index contributed by atoms with van der Waals surface area (Å²) in [6.07, 6.45) is 0. The topological polar surface area (TPSA) is 60.2 Å². The van der Waals surface area contributed by atoms with E-state index in [1.54, 1.807) is 24.3 Å². The van der Waals surface area contributed by atoms with Crippen LogP contribution >= 0.6 is 0 Å². The van der Waals surface area contributed by atoms with Crippen LogP contribution in [0.5, 0.6) is 0 Å². The Morgan fingerprint density at radius 2 is 1.74 bits per heavy atom. The third-order valence-electron chi connectivity index (χ3n) is 2.80. The van der Waals surface area contributed by atoms with Crippen LogP contribution < -0.4 is 5.73 Å². The van der Waals surface area contributed by atoms with E-state index in [2.05, 4.69) is 0 Å². The van der Waals surface area contributed by atoms with Crippen LogP contribution in [0.15, 0.2) is 47.4 Å². The molecule has 2 aromatic rings. The van der Waals surface area contributed by atoms with Gasteiger partial charge in [-0.25, -0.2) is 12.8 Å². The SMILES string of the molecule is Cc1ccc(S(=O)(=O)Cc2ccc(N)c(F)c2)cc1. The van der Waals surface area contributed by atoms with Crippen LogP contribution in [0.3, 0.4) is 0 Å². The summed E-state index contributed by atoms with van der Waals surface area (Å²) in [5.74, 6) is -0.843. The lowest BCUT2D eigenvalue weighted by molar-refractivity contribution is 0.594. The summed E-state index contributed by atoms with van der Waals surface area (Å²) in [4.78, 5) is 0.232. The van der Waals surface area contributed by atoms with Crippen molar-refractivity contribution in [3.63, 3.8) is 0 Å². The third-order valence-corrected chi connectivity index (χ3v) is 4.51. The van der Waals surface area contributed by atoms with Crippen molar-refractivity contribution in [1.82, 2.24) is 0 Å². The molecule has 0 bridgehead atoms. The first kappa shape index (κ1) is 13.5. The van der Waals surface area contributed by atoms with Gasteiger partial charge in [0, 0.05) is 0 Å². The van der Waals surface area contributed by atoms with Crippen molar-refractivity contribution in [1.29, 1.82) is 0 Å². The molecule has 2 rings (SSSR count). The molecule has 19 heavy (non-hydrogen) atoms. The summed E-state index contributed by atoms with van der Waals surface area (Å²) < 4.78 is 37.6. The number of nitrogen functional groups attached to an aromatic ring is 1. The molecule has 0 aliphatic rings. The van der Waals surface area contributed by atoms with Crippen LogP contribution in [0, 0.1) is 12.7 Å². The van der Waals surface area contributed by atoms with Gasteiger partial charge >= 0.3 is 0 Å². The number of rotatable bonds is 3. The van der Waals surface area contributed by atoms with E-state index in [1.807, 2.05) is 6.92 Å². The maximum atomic E-state index is 13.3. The van der Waals surface area contributed by atoms with Crippen molar-refractivity contribution in [3.8, 4) is 0 Å². The van der Waals surface area contributed by atoms with Gasteiger partial charge in [0.15, 0.2) is 9.84 Å². The van der Waals surface area contributed by atoms with Crippen LogP contribution in [0.1, 0.15) is 11.1 Å². The molecule has 0 aliphatic carbocycles. The van der Waals surface area contributed by atoms with E-state index >= 15 is 0 Å². The normalized spacial score (nSPS) is 11.5. The van der Waals surface area contributed by atoms with E-state index in [9.17, 15) is 12.8 Å². The molecule has 5 heteroatoms. The molecule has 0 atom stereocenters. The number of halogens is 1. The van der Waals surface area contributed by atoms with E-state index in [1.165, 1.54) is 12.1 Å². The number of aryl methyl sites for hydroxylation is 1. The lowest BCUT2D eigenvalue weighted by atomic mass is 10.2. The lowest BCUT2D eigenvalue weighted by Gasteiger charge is -2.06. The Bertz CT molecular complexity index is 694. The van der Waals surface area contributed by atoms with Crippen LogP contribution in [0.2, 0.25) is 0 Å². The largest absolute Gasteiger partial charge is 0.396 e. The number of benzene rings is 2. The Balaban J connectivity index is 2.30. The minimum absolute atomic E-state index is 0.0106. The van der Waals surface area contributed by atoms with E-state index in [-0.39, 0.29) is 16.3 Å². The van der Waals surface area contributed by atoms with Crippen molar-refractivity contribution in [2.45, 2.75) is 17.6 Å². The third kappa shape index (κ3) is 3.12. The summed E-state index contributed by atoms with van der Waals surface area (Å²) in [5.41, 5.74) is 6.73. The molecule has 0 amide bonds. The number of hydrogen-bond acceptors (Lipinski definition) is 3. The second-order valence-electron chi connectivity index (χ2n) is 4.43. The Hall–Kier alpha value is -1.88. The van der Waals surface area contributed by atoms with Crippen molar-refractivity contribution >= 4 is 15.5 Å². The van der Waals surface area contributed by atoms with Crippen molar-refractivity contribution in [2.75, 3.05) is 5.73 Å². The number of hydrogen-bond donors (Lipinski definition) is 1. The highest BCUT2D eigenvalue weighted by Gasteiger charge is 2.15. The Morgan fingerprint density at radius 1 is 1.11 bits per heavy atom. The zero-order chi connectivity index (χ0) is 14.0. The zero-order valence-electron chi connectivity index (χ0n) is 10.4. The maximum Gasteiger partial charge on any atom is 0.182 e. The van der Waals surface area contributed by atoms with Gasteiger partial charge in [0.2, 0.25) is 0 Å². The minimum Gasteiger partial charge on any atom is -0.396 e. The molecule has 0 aromatic heterocycles. The van der Waals surface area contributed by atoms with E-state index in [0.717, 1.165) is 11.6 Å². The molecule has 100 valence electrons. The lowest BCUT2D eigenvalue weighted by Crippen LogP contribution is -2.05. The van der Waals surface area contributed by atoms with Gasteiger partial charge in [-0.05, 0) is 36.8 Å². The summed E-state index contributed by atoms with van der Waals surface area (Å²) in [6.45, 7) is 1.88. The fourth-order valence-electron chi connectivity index (χ4n) is 1.71. The van der Waals surface area contributed by atoms with Gasteiger partial charge in [-0.1, -0.05) is 23.8 Å². The number of anilines is 1. The molecule has 0 radical (unpaired) electrons. The molecule has 0 saturated heterocycles. The number of nitrogens with two attached hydrogens (primary N) is 1. The standard InChI is InChI=1S/C14H14FNO2S/c1-10-2-5-12(6-3-10)19(17,18)9-11-4-7-14(16)13(15)8-11/h2-8H,9,16H2,1H3. The van der Waals surface area contributed by atoms with E-state index < -0.39 is 15.7 Å². The summed E-state index contributed by atoms with van der Waals surface area (Å²) in [5, 5.41) is 0. The minimum atomic E-state index is -3.47. The molecular weight excluding hydrogens is 265 g/mol. The Kier molecular flexibility index (Phi) is 3.57. The Labute approximate surface area is 111 Å². The first-order valence-electron chi connectivity index (χ1n) is 5.72. The fourth-order valence-corrected chi connectivity index (χ4v) is 3.04. The van der Waals surface area contributed by atoms with Gasteiger partial charge in [0.1, 0.15) is 5.82 Å². The van der Waals surface area contributed by atoms with E-state index in [4.69, 9.17) is 5.73 Å². The monoisotopic (exact) mass is 279 g/mol. The molecule has 0 spiro atoms. The maximum absolute atomic E-state index is 13.3. The highest BCUT2D eigenvalue weighted by atomic mass is 32.2. The zero-order valence-corrected chi connectivity index (χ0v) is 11.2. The second kappa shape index (κ2) is 5.01. The quantitative estimate of drug-likeness (QED) is 0.879. The molecule has 0 aliphatic heterocycles. The summed E-state index contributed by atoms with van der Waals surface area (Å²) >= 11 is 0. The van der Waals surface area contributed by atoms with Crippen LogP contribution in [0.25, 0.3) is 0 Å². The molecule has 2 N–H and O–H groups in total. The predicted molar refractivity (Wildman–Crippen MR) is 72.9 cm³/mol. The van der Waals surface area contributed by atoms with Crippen molar-refractivity contribution in [3.05, 3.63) is 59.4 Å². The fraction of sp³-hybridized carbons (Fsp3) is 0.143. The Morgan fingerprint density at radius 3 is 2.32 bits per heavy atom. The summed E-state index contributed by atoms with van der Waals surface area (Å²) in [6, 6.07) is 10.6. The second-order valence-corrected chi connectivity index (χ2v) is 6.42. The molecule has 2 aromatic carbocycles. The number of sulfone groups is 1. The first-order valence-corrected chi connectivity index (χ1v) is 7.37. The van der Waals surface area contributed by atoms with Crippen LogP contribution in [-0.2, 0) is 15.6 Å². The molecule has 0 heterocycles. The van der Waals surface area contributed by atoms with E-state index in [0.29, 0.717) is 5.56 Å². The van der Waals surface area contributed by atoms with Crippen molar-refractivity contribution < 1.29 is 12.8 Å². The van der Waals surface area contributed by atoms with Crippen LogP contribution in [0.4, 0.5) is 10.1 Å². The molecule has 0 unspecified atom stereocenters. The van der Waals surface area contributed by atoms with Gasteiger partial charge in [-0.2, -0.15) is 0 Å². The summed E-state index contributed by atoms with van der Waals surface area (Å²) in [7, 11) is -3.47. The highest BCUT2D eigenvalue weighted by molar-refractivity contribution is 7.90. The van der Waals surface area contributed by atoms with Crippen LogP contribution in [-0.4, -0.2) is 8.42 Å². The molecule has 0 fully saturated rings. The highest BCUT2D eigenvalue weighted by Crippen LogP contribution is 2.19. The molecule has 0 saturated carbocycles. The average Bonchev–Trinajstić information content (AvgIpc) is 2.34. The molecular formula is C14H14FNO2S. The van der Waals surface area contributed by atoms with Gasteiger partial charge in [-0.3, -0.25) is 0 Å². The molecule has 3 nitrogen and oxygen atoms in total. The van der Waals surface area contributed by atoms with Gasteiger partial charge < -0.3 is 5.73 Å². The van der Waals surface area contributed by atoms with Gasteiger partial charge in [-0.15, -0.1) is 0 Å². The predicted octanol–water partition coefficient (Wildman–Crippen LogP) is 2.69. The average molecular weight is 279 g/mol. The van der Waals surface area contributed by atoms with Crippen molar-refractivity contribution in [2.24, 2.45) is 0 Å². The first-order chi connectivity index (χ1) is 8.88. The smallest absolute Gasteiger partial charge is 0.182 e. The van der Waals surface area contributed by atoms with Gasteiger partial charge in [0.05, 0.1) is 16.3 Å².